The molecule has 0 saturated carbocycles. The number of nitrogens with zero attached hydrogens (tertiary/aromatic N) is 3. The van der Waals surface area contributed by atoms with Gasteiger partial charge < -0.3 is 14.7 Å². The molecule has 0 bridgehead atoms. The van der Waals surface area contributed by atoms with Crippen LogP contribution in [0.1, 0.15) is 34.7 Å². The van der Waals surface area contributed by atoms with Gasteiger partial charge in [0, 0.05) is 50.1 Å². The van der Waals surface area contributed by atoms with Crippen molar-refractivity contribution >= 4 is 5.91 Å². The van der Waals surface area contributed by atoms with Gasteiger partial charge in [0.1, 0.15) is 5.75 Å². The van der Waals surface area contributed by atoms with Crippen LogP contribution < -0.4 is 4.74 Å². The molecule has 3 aromatic rings. The van der Waals surface area contributed by atoms with Crippen molar-refractivity contribution in [3.8, 4) is 16.9 Å². The SMILES string of the molecule is COc1ccccc1-c1ccc([C@@H]2CN(CCCCN(C)C(=O)c3cccnc3)[C@@H]2CO)cc1. The lowest BCUT2D eigenvalue weighted by atomic mass is 9.82. The minimum atomic E-state index is 0.00178. The maximum absolute atomic E-state index is 12.4. The van der Waals surface area contributed by atoms with E-state index in [1.54, 1.807) is 36.5 Å². The van der Waals surface area contributed by atoms with Gasteiger partial charge in [-0.1, -0.05) is 42.5 Å². The number of pyridine rings is 1. The van der Waals surface area contributed by atoms with E-state index in [1.165, 1.54) is 5.56 Å². The first kappa shape index (κ1) is 23.9. The number of rotatable bonds is 10. The Morgan fingerprint density at radius 3 is 2.62 bits per heavy atom. The van der Waals surface area contributed by atoms with Gasteiger partial charge in [0.25, 0.3) is 5.91 Å². The second-order valence-electron chi connectivity index (χ2n) is 8.85. The van der Waals surface area contributed by atoms with E-state index in [0.29, 0.717) is 18.0 Å². The molecule has 0 aliphatic carbocycles. The molecule has 1 aromatic heterocycles. The molecule has 178 valence electrons. The van der Waals surface area contributed by atoms with Crippen molar-refractivity contribution < 1.29 is 14.6 Å². The van der Waals surface area contributed by atoms with Crippen molar-refractivity contribution in [2.75, 3.05) is 40.4 Å². The summed E-state index contributed by atoms with van der Waals surface area (Å²) in [5, 5.41) is 10.0. The fourth-order valence-electron chi connectivity index (χ4n) is 4.72. The molecular formula is C28H33N3O3. The molecular weight excluding hydrogens is 426 g/mol. The largest absolute Gasteiger partial charge is 0.496 e. The second kappa shape index (κ2) is 11.3. The Bertz CT molecular complexity index is 1070. The Balaban J connectivity index is 1.26. The highest BCUT2D eigenvalue weighted by Crippen LogP contribution is 2.36. The number of carbonyl (C=O) groups excluding carboxylic acids is 1. The van der Waals surface area contributed by atoms with E-state index in [2.05, 4.69) is 40.2 Å². The Hall–Kier alpha value is -3.22. The molecule has 1 aliphatic rings. The summed E-state index contributed by atoms with van der Waals surface area (Å²) in [6.07, 6.45) is 5.19. The fraction of sp³-hybridized carbons (Fsp3) is 0.357. The fourth-order valence-corrected chi connectivity index (χ4v) is 4.72. The Morgan fingerprint density at radius 1 is 1.12 bits per heavy atom. The lowest BCUT2D eigenvalue weighted by molar-refractivity contribution is 0.0157. The van der Waals surface area contributed by atoms with E-state index < -0.39 is 0 Å². The van der Waals surface area contributed by atoms with Crippen LogP contribution in [0.4, 0.5) is 0 Å². The first-order valence-electron chi connectivity index (χ1n) is 11.9. The summed E-state index contributed by atoms with van der Waals surface area (Å²) in [6, 6.07) is 20.4. The van der Waals surface area contributed by atoms with Gasteiger partial charge in [-0.15, -0.1) is 0 Å². The molecule has 0 unspecified atom stereocenters. The number of unbranched alkanes of at least 4 members (excludes halogenated alkanes) is 1. The van der Waals surface area contributed by atoms with Gasteiger partial charge in [-0.25, -0.2) is 0 Å². The lowest BCUT2D eigenvalue weighted by Crippen LogP contribution is -2.56. The molecule has 0 radical (unpaired) electrons. The highest BCUT2D eigenvalue weighted by Gasteiger charge is 2.38. The summed E-state index contributed by atoms with van der Waals surface area (Å²) in [7, 11) is 3.53. The maximum atomic E-state index is 12.4. The third kappa shape index (κ3) is 5.29. The molecule has 6 nitrogen and oxygen atoms in total. The van der Waals surface area contributed by atoms with Gasteiger partial charge in [-0.2, -0.15) is 0 Å². The predicted octanol–water partition coefficient (Wildman–Crippen LogP) is 4.07. The molecule has 1 N–H and O–H groups in total. The maximum Gasteiger partial charge on any atom is 0.255 e. The molecule has 4 rings (SSSR count). The highest BCUT2D eigenvalue weighted by molar-refractivity contribution is 5.93. The number of methoxy groups -OCH3 is 1. The zero-order valence-electron chi connectivity index (χ0n) is 19.9. The second-order valence-corrected chi connectivity index (χ2v) is 8.85. The molecule has 1 aliphatic heterocycles. The van der Waals surface area contributed by atoms with Crippen molar-refractivity contribution in [1.82, 2.24) is 14.8 Å². The van der Waals surface area contributed by atoms with Gasteiger partial charge in [0.05, 0.1) is 19.3 Å². The average Bonchev–Trinajstić information content (AvgIpc) is 2.88. The number of benzene rings is 2. The Morgan fingerprint density at radius 2 is 1.91 bits per heavy atom. The standard InChI is InChI=1S/C28H33N3O3/c1-30(28(33)23-8-7-15-29-18-23)16-5-6-17-31-19-25(26(31)20-32)22-13-11-21(12-14-22)24-9-3-4-10-27(24)34-2/h3-4,7-15,18,25-26,32H,5-6,16-17,19-20H2,1-2H3/t25-,26+/m0/s1. The van der Waals surface area contributed by atoms with Crippen LogP contribution >= 0.6 is 0 Å². The van der Waals surface area contributed by atoms with Crippen LogP contribution in [0.15, 0.2) is 73.1 Å². The van der Waals surface area contributed by atoms with Gasteiger partial charge in [-0.3, -0.25) is 14.7 Å². The molecule has 1 amide bonds. The normalized spacial score (nSPS) is 17.7. The third-order valence-corrected chi connectivity index (χ3v) is 6.75. The number of aliphatic hydroxyl groups is 1. The van der Waals surface area contributed by atoms with Crippen LogP contribution in [0.25, 0.3) is 11.1 Å². The van der Waals surface area contributed by atoms with Gasteiger partial charge in [0.15, 0.2) is 0 Å². The smallest absolute Gasteiger partial charge is 0.255 e. The number of amides is 1. The van der Waals surface area contributed by atoms with Crippen LogP contribution in [-0.4, -0.2) is 72.2 Å². The van der Waals surface area contributed by atoms with Crippen LogP contribution in [-0.2, 0) is 0 Å². The van der Waals surface area contributed by atoms with Crippen LogP contribution in [0.3, 0.4) is 0 Å². The number of ether oxygens (including phenoxy) is 1. The predicted molar refractivity (Wildman–Crippen MR) is 134 cm³/mol. The summed E-state index contributed by atoms with van der Waals surface area (Å²) < 4.78 is 5.49. The topological polar surface area (TPSA) is 65.9 Å². The number of carbonyl (C=O) groups is 1. The van der Waals surface area contributed by atoms with E-state index in [0.717, 1.165) is 42.8 Å². The lowest BCUT2D eigenvalue weighted by Gasteiger charge is -2.48. The van der Waals surface area contributed by atoms with Crippen LogP contribution in [0, 0.1) is 0 Å². The van der Waals surface area contributed by atoms with Gasteiger partial charge >= 0.3 is 0 Å². The first-order chi connectivity index (χ1) is 16.6. The first-order valence-corrected chi connectivity index (χ1v) is 11.9. The van der Waals surface area contributed by atoms with Crippen molar-refractivity contribution in [2.45, 2.75) is 24.8 Å². The number of hydrogen-bond donors (Lipinski definition) is 1. The Labute approximate surface area is 201 Å². The number of aromatic nitrogens is 1. The zero-order valence-corrected chi connectivity index (χ0v) is 19.9. The highest BCUT2D eigenvalue weighted by atomic mass is 16.5. The molecule has 1 saturated heterocycles. The summed E-state index contributed by atoms with van der Waals surface area (Å²) >= 11 is 0. The molecule has 6 heteroatoms. The van der Waals surface area contributed by atoms with Crippen LogP contribution in [0.2, 0.25) is 0 Å². The Kier molecular flexibility index (Phi) is 7.93. The van der Waals surface area contributed by atoms with Crippen molar-refractivity contribution in [3.63, 3.8) is 0 Å². The van der Waals surface area contributed by atoms with Gasteiger partial charge in [0.2, 0.25) is 0 Å². The van der Waals surface area contributed by atoms with Crippen molar-refractivity contribution in [1.29, 1.82) is 0 Å². The molecule has 0 spiro atoms. The minimum absolute atomic E-state index is 0.00178. The minimum Gasteiger partial charge on any atom is -0.496 e. The number of hydrogen-bond acceptors (Lipinski definition) is 5. The molecule has 2 atom stereocenters. The number of aliphatic hydroxyl groups excluding tert-OH is 1. The third-order valence-electron chi connectivity index (χ3n) is 6.75. The number of likely N-dealkylation sites (tertiary alicyclic amines) is 1. The van der Waals surface area contributed by atoms with E-state index in [-0.39, 0.29) is 18.6 Å². The average molecular weight is 460 g/mol. The van der Waals surface area contributed by atoms with E-state index in [9.17, 15) is 9.90 Å². The molecule has 2 aromatic carbocycles. The summed E-state index contributed by atoms with van der Waals surface area (Å²) in [5.41, 5.74) is 4.09. The zero-order chi connectivity index (χ0) is 23.9. The van der Waals surface area contributed by atoms with E-state index in [4.69, 9.17) is 4.74 Å². The molecule has 34 heavy (non-hydrogen) atoms. The molecule has 2 heterocycles. The summed E-state index contributed by atoms with van der Waals surface area (Å²) in [4.78, 5) is 20.5. The quantitative estimate of drug-likeness (QED) is 0.463. The summed E-state index contributed by atoms with van der Waals surface area (Å²) in [5.74, 6) is 1.21. The van der Waals surface area contributed by atoms with E-state index >= 15 is 0 Å². The van der Waals surface area contributed by atoms with Crippen molar-refractivity contribution in [3.05, 3.63) is 84.2 Å². The number of para-hydroxylation sites is 1. The van der Waals surface area contributed by atoms with E-state index in [1.807, 2.05) is 25.2 Å². The van der Waals surface area contributed by atoms with Gasteiger partial charge in [-0.05, 0) is 48.7 Å². The molecule has 1 fully saturated rings. The van der Waals surface area contributed by atoms with Crippen LogP contribution in [0.5, 0.6) is 5.75 Å². The summed E-state index contributed by atoms with van der Waals surface area (Å²) in [6.45, 7) is 2.73. The van der Waals surface area contributed by atoms with Crippen molar-refractivity contribution in [2.24, 2.45) is 0 Å². The monoisotopic (exact) mass is 459 g/mol.